The van der Waals surface area contributed by atoms with Gasteiger partial charge in [-0.15, -0.1) is 0 Å². The van der Waals surface area contributed by atoms with Gasteiger partial charge in [-0.3, -0.25) is 4.79 Å². The lowest BCUT2D eigenvalue weighted by atomic mass is 10.1. The van der Waals surface area contributed by atoms with Gasteiger partial charge >= 0.3 is 5.97 Å². The lowest BCUT2D eigenvalue weighted by Gasteiger charge is -2.01. The van der Waals surface area contributed by atoms with Crippen LogP contribution in [0.3, 0.4) is 0 Å². The largest absolute Gasteiger partial charge is 0.478 e. The Hall–Kier alpha value is -2.14. The topological polar surface area (TPSA) is 93.5 Å². The molecule has 2 rings (SSSR count). The zero-order valence-corrected chi connectivity index (χ0v) is 8.27. The molecule has 16 heavy (non-hydrogen) atoms. The van der Waals surface area contributed by atoms with Crippen LogP contribution in [-0.2, 0) is 6.54 Å². The third kappa shape index (κ3) is 1.68. The zero-order valence-electron chi connectivity index (χ0n) is 8.27. The minimum atomic E-state index is -1.08. The smallest absolute Gasteiger partial charge is 0.335 e. The van der Waals surface area contributed by atoms with Crippen LogP contribution < -0.4 is 11.2 Å². The summed E-state index contributed by atoms with van der Waals surface area (Å²) in [6, 6.07) is 5.41. The predicted molar refractivity (Wildman–Crippen MR) is 57.3 cm³/mol. The van der Waals surface area contributed by atoms with E-state index in [1.807, 2.05) is 0 Å². The van der Waals surface area contributed by atoms with Crippen LogP contribution in [0.5, 0.6) is 0 Å². The van der Waals surface area contributed by atoms with Gasteiger partial charge in [0.1, 0.15) is 11.3 Å². The number of hydrogen-bond donors (Lipinski definition) is 2. The van der Waals surface area contributed by atoms with E-state index in [-0.39, 0.29) is 22.9 Å². The molecule has 0 aliphatic heterocycles. The second kappa shape index (κ2) is 3.79. The molecule has 0 aliphatic rings. The first-order valence-electron chi connectivity index (χ1n) is 4.62. The highest BCUT2D eigenvalue weighted by atomic mass is 16.4. The second-order valence-electron chi connectivity index (χ2n) is 3.30. The fourth-order valence-electron chi connectivity index (χ4n) is 1.44. The van der Waals surface area contributed by atoms with Gasteiger partial charge in [-0.1, -0.05) is 0 Å². The van der Waals surface area contributed by atoms with Crippen molar-refractivity contribution in [2.45, 2.75) is 6.54 Å². The summed E-state index contributed by atoms with van der Waals surface area (Å²) in [5, 5.41) is 9.03. The number of nitrogens with two attached hydrogens (primary N) is 1. The lowest BCUT2D eigenvalue weighted by molar-refractivity contribution is 0.0697. The maximum atomic E-state index is 11.6. The van der Waals surface area contributed by atoms with E-state index in [0.717, 1.165) is 0 Å². The molecule has 1 aromatic carbocycles. The van der Waals surface area contributed by atoms with Gasteiger partial charge in [0.2, 0.25) is 0 Å². The summed E-state index contributed by atoms with van der Waals surface area (Å²) in [5.41, 5.74) is 5.48. The Balaban J connectivity index is 2.75. The van der Waals surface area contributed by atoms with Crippen molar-refractivity contribution >= 4 is 16.9 Å². The van der Waals surface area contributed by atoms with Crippen molar-refractivity contribution < 1.29 is 14.3 Å². The molecule has 0 atom stereocenters. The molecule has 0 spiro atoms. The van der Waals surface area contributed by atoms with E-state index < -0.39 is 5.97 Å². The average molecular weight is 219 g/mol. The Morgan fingerprint density at radius 2 is 2.12 bits per heavy atom. The molecule has 5 nitrogen and oxygen atoms in total. The first-order chi connectivity index (χ1) is 7.61. The lowest BCUT2D eigenvalue weighted by Crippen LogP contribution is -2.06. The van der Waals surface area contributed by atoms with E-state index in [1.165, 1.54) is 24.3 Å². The molecule has 0 amide bonds. The Bertz CT molecular complexity index is 615. The van der Waals surface area contributed by atoms with Crippen LogP contribution in [0.15, 0.2) is 33.5 Å². The molecule has 82 valence electrons. The quantitative estimate of drug-likeness (QED) is 0.784. The fourth-order valence-corrected chi connectivity index (χ4v) is 1.44. The number of rotatable bonds is 2. The van der Waals surface area contributed by atoms with Gasteiger partial charge in [-0.05, 0) is 18.2 Å². The molecule has 0 saturated carbocycles. The minimum Gasteiger partial charge on any atom is -0.478 e. The number of hydrogen-bond acceptors (Lipinski definition) is 4. The van der Waals surface area contributed by atoms with Crippen molar-refractivity contribution in [2.75, 3.05) is 0 Å². The Morgan fingerprint density at radius 3 is 2.75 bits per heavy atom. The van der Waals surface area contributed by atoms with Crippen molar-refractivity contribution in [1.29, 1.82) is 0 Å². The third-order valence-electron chi connectivity index (χ3n) is 2.23. The molecule has 0 unspecified atom stereocenters. The van der Waals surface area contributed by atoms with Crippen LogP contribution >= 0.6 is 0 Å². The Kier molecular flexibility index (Phi) is 2.46. The first-order valence-corrected chi connectivity index (χ1v) is 4.62. The zero-order chi connectivity index (χ0) is 11.7. The fraction of sp³-hybridized carbons (Fsp3) is 0.0909. The molecule has 0 saturated heterocycles. The number of carboxylic acid groups (broad SMARTS) is 1. The highest BCUT2D eigenvalue weighted by Gasteiger charge is 2.08. The molecular weight excluding hydrogens is 210 g/mol. The van der Waals surface area contributed by atoms with E-state index in [4.69, 9.17) is 15.3 Å². The van der Waals surface area contributed by atoms with Crippen LogP contribution in [0, 0.1) is 0 Å². The monoisotopic (exact) mass is 219 g/mol. The summed E-state index contributed by atoms with van der Waals surface area (Å²) in [4.78, 5) is 22.4. The van der Waals surface area contributed by atoms with Gasteiger partial charge < -0.3 is 15.3 Å². The Labute approximate surface area is 90.1 Å². The van der Waals surface area contributed by atoms with Gasteiger partial charge in [0, 0.05) is 6.07 Å². The number of fused-ring (bicyclic) bond motifs is 1. The normalized spacial score (nSPS) is 10.6. The highest BCUT2D eigenvalue weighted by Crippen LogP contribution is 2.14. The SMILES string of the molecule is NCc1cc(=O)c2cc(C(=O)O)ccc2o1. The summed E-state index contributed by atoms with van der Waals surface area (Å²) < 4.78 is 5.31. The van der Waals surface area contributed by atoms with Gasteiger partial charge in [-0.2, -0.15) is 0 Å². The summed E-state index contributed by atoms with van der Waals surface area (Å²) in [5.74, 6) is -0.704. The second-order valence-corrected chi connectivity index (χ2v) is 3.30. The molecule has 0 fully saturated rings. The number of benzene rings is 1. The molecule has 0 bridgehead atoms. The van der Waals surface area contributed by atoms with Crippen molar-refractivity contribution in [3.05, 3.63) is 45.8 Å². The van der Waals surface area contributed by atoms with Crippen molar-refractivity contribution in [1.82, 2.24) is 0 Å². The maximum Gasteiger partial charge on any atom is 0.335 e. The summed E-state index contributed by atoms with van der Waals surface area (Å²) in [7, 11) is 0. The summed E-state index contributed by atoms with van der Waals surface area (Å²) in [6.07, 6.45) is 0. The van der Waals surface area contributed by atoms with Crippen LogP contribution in [-0.4, -0.2) is 11.1 Å². The van der Waals surface area contributed by atoms with Crippen LogP contribution in [0.2, 0.25) is 0 Å². The van der Waals surface area contributed by atoms with Gasteiger partial charge in [-0.25, -0.2) is 4.79 Å². The highest BCUT2D eigenvalue weighted by molar-refractivity contribution is 5.92. The molecule has 5 heteroatoms. The maximum absolute atomic E-state index is 11.6. The first kappa shape index (κ1) is 10.4. The number of carbonyl (C=O) groups is 1. The molecule has 1 heterocycles. The molecular formula is C11H9NO4. The van der Waals surface area contributed by atoms with Gasteiger partial charge in [0.15, 0.2) is 5.43 Å². The van der Waals surface area contributed by atoms with E-state index in [9.17, 15) is 9.59 Å². The van der Waals surface area contributed by atoms with Crippen molar-refractivity contribution in [2.24, 2.45) is 5.73 Å². The van der Waals surface area contributed by atoms with Gasteiger partial charge in [0.25, 0.3) is 0 Å². The van der Waals surface area contributed by atoms with Crippen molar-refractivity contribution in [3.8, 4) is 0 Å². The van der Waals surface area contributed by atoms with E-state index in [0.29, 0.717) is 11.3 Å². The molecule has 2 aromatic rings. The minimum absolute atomic E-state index is 0.0558. The molecule has 0 radical (unpaired) electrons. The van der Waals surface area contributed by atoms with E-state index >= 15 is 0 Å². The van der Waals surface area contributed by atoms with Gasteiger partial charge in [0.05, 0.1) is 17.5 Å². The molecule has 3 N–H and O–H groups in total. The third-order valence-corrected chi connectivity index (χ3v) is 2.23. The van der Waals surface area contributed by atoms with Crippen LogP contribution in [0.4, 0.5) is 0 Å². The van der Waals surface area contributed by atoms with Crippen LogP contribution in [0.1, 0.15) is 16.1 Å². The number of aromatic carboxylic acids is 1. The standard InChI is InChI=1S/C11H9NO4/c12-5-7-4-9(13)8-3-6(11(14)15)1-2-10(8)16-7/h1-4H,5,12H2,(H,14,15). The molecule has 0 aliphatic carbocycles. The predicted octanol–water partition coefficient (Wildman–Crippen LogP) is 0.950. The van der Waals surface area contributed by atoms with E-state index in [2.05, 4.69) is 0 Å². The Morgan fingerprint density at radius 1 is 1.38 bits per heavy atom. The summed E-state index contributed by atoms with van der Waals surface area (Å²) in [6.45, 7) is 0.131. The van der Waals surface area contributed by atoms with Crippen molar-refractivity contribution in [3.63, 3.8) is 0 Å². The average Bonchev–Trinajstić information content (AvgIpc) is 2.28. The number of carboxylic acids is 1. The molecule has 1 aromatic heterocycles. The van der Waals surface area contributed by atoms with E-state index in [1.54, 1.807) is 0 Å². The van der Waals surface area contributed by atoms with Crippen LogP contribution in [0.25, 0.3) is 11.0 Å². The summed E-state index contributed by atoms with van der Waals surface area (Å²) >= 11 is 0.